The van der Waals surface area contributed by atoms with Crippen LogP contribution in [-0.2, 0) is 0 Å². The van der Waals surface area contributed by atoms with Gasteiger partial charge >= 0.3 is 0 Å². The second-order valence-electron chi connectivity index (χ2n) is 5.46. The summed E-state index contributed by atoms with van der Waals surface area (Å²) in [5.41, 5.74) is 8.01. The average Bonchev–Trinajstić information content (AvgIpc) is 2.28. The minimum absolute atomic E-state index is 0.524. The second-order valence-corrected chi connectivity index (χ2v) is 5.46. The van der Waals surface area contributed by atoms with Gasteiger partial charge in [0.2, 0.25) is 0 Å². The maximum absolute atomic E-state index is 3.33. The van der Waals surface area contributed by atoms with Gasteiger partial charge in [-0.15, -0.1) is 0 Å². The molecule has 1 radical (unpaired) electrons. The molecule has 0 heteroatoms. The molecule has 0 spiro atoms. The maximum Gasteiger partial charge on any atom is -0.0125 e. The van der Waals surface area contributed by atoms with E-state index in [1.807, 2.05) is 6.07 Å². The van der Waals surface area contributed by atoms with Crippen molar-refractivity contribution in [1.82, 2.24) is 0 Å². The van der Waals surface area contributed by atoms with Gasteiger partial charge in [-0.2, -0.15) is 0 Å². The molecule has 0 fully saturated rings. The molecule has 2 aromatic rings. The fourth-order valence-electron chi connectivity index (χ4n) is 2.61. The number of hydrogen-bond acceptors (Lipinski definition) is 0. The monoisotopic (exact) mass is 237 g/mol. The van der Waals surface area contributed by atoms with Gasteiger partial charge in [-0.3, -0.25) is 0 Å². The zero-order chi connectivity index (χ0) is 13.3. The van der Waals surface area contributed by atoms with E-state index in [2.05, 4.69) is 65.0 Å². The van der Waals surface area contributed by atoms with Gasteiger partial charge in [0.15, 0.2) is 0 Å². The molecule has 0 aliphatic rings. The Labute approximate surface area is 111 Å². The van der Waals surface area contributed by atoms with E-state index in [1.54, 1.807) is 0 Å². The number of hydrogen-bond donors (Lipinski definition) is 0. The molecule has 0 aliphatic carbocycles. The minimum Gasteiger partial charge on any atom is -0.0587 e. The van der Waals surface area contributed by atoms with Gasteiger partial charge in [-0.1, -0.05) is 49.7 Å². The van der Waals surface area contributed by atoms with E-state index in [0.717, 1.165) is 0 Å². The summed E-state index contributed by atoms with van der Waals surface area (Å²) in [4.78, 5) is 0. The highest BCUT2D eigenvalue weighted by molar-refractivity contribution is 5.71. The Bertz CT molecular complexity index is 539. The van der Waals surface area contributed by atoms with Crippen LogP contribution in [-0.4, -0.2) is 0 Å². The first-order valence-corrected chi connectivity index (χ1v) is 6.59. The van der Waals surface area contributed by atoms with Crippen LogP contribution in [0.1, 0.15) is 42.0 Å². The van der Waals surface area contributed by atoms with Gasteiger partial charge < -0.3 is 0 Å². The van der Waals surface area contributed by atoms with Gasteiger partial charge in [0.25, 0.3) is 0 Å². The number of rotatable bonds is 2. The van der Waals surface area contributed by atoms with Crippen molar-refractivity contribution in [2.24, 2.45) is 0 Å². The third-order valence-electron chi connectivity index (χ3n) is 3.41. The van der Waals surface area contributed by atoms with Crippen molar-refractivity contribution in [2.45, 2.75) is 40.5 Å². The molecular formula is C18H21. The smallest absolute Gasteiger partial charge is 0.0125 e. The molecule has 0 bridgehead atoms. The van der Waals surface area contributed by atoms with Crippen LogP contribution >= 0.6 is 0 Å². The first-order valence-electron chi connectivity index (χ1n) is 6.59. The first kappa shape index (κ1) is 12.9. The lowest BCUT2D eigenvalue weighted by atomic mass is 9.91. The zero-order valence-electron chi connectivity index (χ0n) is 12.0. The molecule has 0 aromatic heterocycles. The van der Waals surface area contributed by atoms with E-state index in [1.165, 1.54) is 33.4 Å². The Kier molecular flexibility index (Phi) is 3.56. The molecule has 0 saturated carbocycles. The van der Waals surface area contributed by atoms with E-state index in [0.29, 0.717) is 5.92 Å². The highest BCUT2D eigenvalue weighted by atomic mass is 14.1. The van der Waals surface area contributed by atoms with Gasteiger partial charge in [0.1, 0.15) is 0 Å². The quantitative estimate of drug-likeness (QED) is 0.673. The Morgan fingerprint density at radius 3 is 2.11 bits per heavy atom. The highest BCUT2D eigenvalue weighted by Crippen LogP contribution is 2.30. The fraction of sp³-hybridized carbons (Fsp3) is 0.333. The third kappa shape index (κ3) is 2.48. The molecule has 0 unspecified atom stereocenters. The summed E-state index contributed by atoms with van der Waals surface area (Å²) in [6.45, 7) is 11.0. The van der Waals surface area contributed by atoms with E-state index in [-0.39, 0.29) is 0 Å². The molecular weight excluding hydrogens is 216 g/mol. The zero-order valence-corrected chi connectivity index (χ0v) is 12.0. The Hall–Kier alpha value is -1.56. The van der Waals surface area contributed by atoms with Crippen LogP contribution in [0.3, 0.4) is 0 Å². The standard InChI is InChI=1S/C18H21/c1-12(2)16-7-6-8-17(11-16)18-14(4)9-13(3)10-15(18)5/h6,8-12H,1-5H3. The molecule has 2 rings (SSSR count). The van der Waals surface area contributed by atoms with E-state index in [9.17, 15) is 0 Å². The van der Waals surface area contributed by atoms with E-state index >= 15 is 0 Å². The number of benzene rings is 2. The summed E-state index contributed by atoms with van der Waals surface area (Å²) >= 11 is 0. The Morgan fingerprint density at radius 2 is 1.56 bits per heavy atom. The van der Waals surface area contributed by atoms with Crippen LogP contribution in [0.4, 0.5) is 0 Å². The van der Waals surface area contributed by atoms with Crippen LogP contribution in [0.2, 0.25) is 0 Å². The predicted octanol–water partition coefficient (Wildman–Crippen LogP) is 5.20. The molecule has 2 aromatic carbocycles. The molecule has 0 amide bonds. The van der Waals surface area contributed by atoms with Crippen molar-refractivity contribution in [2.75, 3.05) is 0 Å². The normalized spacial score (nSPS) is 11.0. The lowest BCUT2D eigenvalue weighted by molar-refractivity contribution is 0.865. The summed E-state index contributed by atoms with van der Waals surface area (Å²) in [6.07, 6.45) is 0. The molecule has 0 atom stereocenters. The van der Waals surface area contributed by atoms with Crippen molar-refractivity contribution in [1.29, 1.82) is 0 Å². The van der Waals surface area contributed by atoms with Crippen molar-refractivity contribution in [3.63, 3.8) is 0 Å². The summed E-state index contributed by atoms with van der Waals surface area (Å²) in [6, 6.07) is 14.3. The van der Waals surface area contributed by atoms with Crippen molar-refractivity contribution in [3.8, 4) is 11.1 Å². The third-order valence-corrected chi connectivity index (χ3v) is 3.41. The van der Waals surface area contributed by atoms with Gasteiger partial charge in [-0.25, -0.2) is 0 Å². The van der Waals surface area contributed by atoms with Crippen molar-refractivity contribution in [3.05, 3.63) is 58.7 Å². The van der Waals surface area contributed by atoms with E-state index < -0.39 is 0 Å². The average molecular weight is 237 g/mol. The van der Waals surface area contributed by atoms with Crippen LogP contribution < -0.4 is 0 Å². The molecule has 0 N–H and O–H groups in total. The molecule has 93 valence electrons. The fourth-order valence-corrected chi connectivity index (χ4v) is 2.61. The summed E-state index contributed by atoms with van der Waals surface area (Å²) in [5, 5.41) is 0. The predicted molar refractivity (Wildman–Crippen MR) is 79.0 cm³/mol. The minimum atomic E-state index is 0.524. The van der Waals surface area contributed by atoms with Crippen LogP contribution in [0, 0.1) is 26.8 Å². The van der Waals surface area contributed by atoms with Crippen molar-refractivity contribution < 1.29 is 0 Å². The Morgan fingerprint density at radius 1 is 0.944 bits per heavy atom. The highest BCUT2D eigenvalue weighted by Gasteiger charge is 2.08. The largest absolute Gasteiger partial charge is 0.0587 e. The van der Waals surface area contributed by atoms with Gasteiger partial charge in [-0.05, 0) is 60.6 Å². The Balaban J connectivity index is 2.59. The second kappa shape index (κ2) is 4.97. The molecule has 0 nitrogen and oxygen atoms in total. The van der Waals surface area contributed by atoms with Gasteiger partial charge in [0.05, 0.1) is 0 Å². The van der Waals surface area contributed by atoms with Crippen molar-refractivity contribution >= 4 is 0 Å². The molecule has 0 heterocycles. The van der Waals surface area contributed by atoms with Crippen LogP contribution in [0.25, 0.3) is 11.1 Å². The molecule has 0 aliphatic heterocycles. The van der Waals surface area contributed by atoms with Crippen LogP contribution in [0.5, 0.6) is 0 Å². The SMILES string of the molecule is Cc1cc(C)c(-c2cc[c]c(C(C)C)c2)c(C)c1. The van der Waals surface area contributed by atoms with Gasteiger partial charge in [0, 0.05) is 0 Å². The van der Waals surface area contributed by atoms with Crippen LogP contribution in [0.15, 0.2) is 30.3 Å². The number of aryl methyl sites for hydroxylation is 3. The summed E-state index contributed by atoms with van der Waals surface area (Å²) < 4.78 is 0. The summed E-state index contributed by atoms with van der Waals surface area (Å²) in [5.74, 6) is 0.524. The lowest BCUT2D eigenvalue weighted by Gasteiger charge is -2.13. The lowest BCUT2D eigenvalue weighted by Crippen LogP contribution is -1.93. The topological polar surface area (TPSA) is 0 Å². The first-order chi connectivity index (χ1) is 8.49. The maximum atomic E-state index is 3.33. The molecule has 18 heavy (non-hydrogen) atoms. The molecule has 0 saturated heterocycles. The summed E-state index contributed by atoms with van der Waals surface area (Å²) in [7, 11) is 0. The van der Waals surface area contributed by atoms with E-state index in [4.69, 9.17) is 0 Å².